The molecule has 8 heteroatoms. The molecule has 3 N–H and O–H groups in total. The van der Waals surface area contributed by atoms with Gasteiger partial charge < -0.3 is 11.2 Å². The Kier molecular flexibility index (Phi) is 6.53. The Labute approximate surface area is 173 Å². The monoisotopic (exact) mass is 413 g/mol. The minimum Gasteiger partial charge on any atom is -0.336 e. The number of rotatable bonds is 7. The standard InChI is InChI=1S/C21H24FN5OS/c1-13(2)17-6-4-5-7-18(17)24-20(28)14(3)29-21-26-25-19(27(21)23)12-15-8-10-16(22)11-9-15/h4-11,13-14H,12,23H2,1-3H3,(H,24,28)/t14-/m0/s1. The number of nitrogens with one attached hydrogen (secondary N) is 1. The molecule has 0 saturated heterocycles. The molecule has 0 aliphatic rings. The van der Waals surface area contributed by atoms with Gasteiger partial charge in [-0.05, 0) is 42.2 Å². The summed E-state index contributed by atoms with van der Waals surface area (Å²) in [5, 5.41) is 11.2. The van der Waals surface area contributed by atoms with Gasteiger partial charge in [0.25, 0.3) is 0 Å². The van der Waals surface area contributed by atoms with Crippen LogP contribution in [0.15, 0.2) is 53.7 Å². The van der Waals surface area contributed by atoms with Crippen molar-refractivity contribution in [3.05, 3.63) is 71.3 Å². The second-order valence-electron chi connectivity index (χ2n) is 7.06. The van der Waals surface area contributed by atoms with Crippen LogP contribution in [0, 0.1) is 5.82 Å². The van der Waals surface area contributed by atoms with E-state index in [-0.39, 0.29) is 11.7 Å². The molecule has 0 fully saturated rings. The van der Waals surface area contributed by atoms with Gasteiger partial charge in [0.2, 0.25) is 11.1 Å². The zero-order valence-electron chi connectivity index (χ0n) is 16.6. The number of carbonyl (C=O) groups is 1. The average molecular weight is 414 g/mol. The van der Waals surface area contributed by atoms with E-state index in [2.05, 4.69) is 29.4 Å². The molecule has 1 atom stereocenters. The summed E-state index contributed by atoms with van der Waals surface area (Å²) in [5.41, 5.74) is 2.77. The Hall–Kier alpha value is -2.87. The van der Waals surface area contributed by atoms with Crippen molar-refractivity contribution >= 4 is 23.4 Å². The molecule has 0 unspecified atom stereocenters. The third-order valence-electron chi connectivity index (χ3n) is 4.50. The Morgan fingerprint density at radius 3 is 2.52 bits per heavy atom. The Morgan fingerprint density at radius 1 is 1.14 bits per heavy atom. The number of hydrogen-bond donors (Lipinski definition) is 2. The quantitative estimate of drug-likeness (QED) is 0.452. The number of para-hydroxylation sites is 1. The Morgan fingerprint density at radius 2 is 1.83 bits per heavy atom. The molecule has 29 heavy (non-hydrogen) atoms. The van der Waals surface area contributed by atoms with Crippen LogP contribution in [0.3, 0.4) is 0 Å². The summed E-state index contributed by atoms with van der Waals surface area (Å²) in [6.45, 7) is 5.97. The number of nitrogen functional groups attached to an aromatic ring is 1. The normalized spacial score (nSPS) is 12.2. The predicted octanol–water partition coefficient (Wildman–Crippen LogP) is 3.96. The number of aromatic nitrogens is 3. The van der Waals surface area contributed by atoms with E-state index in [1.165, 1.54) is 28.6 Å². The maximum atomic E-state index is 13.1. The Balaban J connectivity index is 1.66. The van der Waals surface area contributed by atoms with Gasteiger partial charge in [0.1, 0.15) is 5.82 Å². The maximum Gasteiger partial charge on any atom is 0.237 e. The number of carbonyl (C=O) groups excluding carboxylic acids is 1. The second kappa shape index (κ2) is 9.09. The van der Waals surface area contributed by atoms with Gasteiger partial charge in [-0.3, -0.25) is 4.79 Å². The summed E-state index contributed by atoms with van der Waals surface area (Å²) in [6, 6.07) is 13.9. The van der Waals surface area contributed by atoms with Gasteiger partial charge in [-0.1, -0.05) is 55.9 Å². The van der Waals surface area contributed by atoms with Crippen LogP contribution in [0.2, 0.25) is 0 Å². The lowest BCUT2D eigenvalue weighted by Gasteiger charge is -2.16. The predicted molar refractivity (Wildman–Crippen MR) is 114 cm³/mol. The third kappa shape index (κ3) is 5.14. The van der Waals surface area contributed by atoms with Crippen molar-refractivity contribution < 1.29 is 9.18 Å². The van der Waals surface area contributed by atoms with Gasteiger partial charge in [-0.25, -0.2) is 9.07 Å². The summed E-state index contributed by atoms with van der Waals surface area (Å²) in [4.78, 5) is 12.7. The fourth-order valence-electron chi connectivity index (χ4n) is 2.85. The number of halogens is 1. The topological polar surface area (TPSA) is 85.8 Å². The van der Waals surface area contributed by atoms with Crippen LogP contribution in [-0.2, 0) is 11.2 Å². The minimum absolute atomic E-state index is 0.133. The fourth-order valence-corrected chi connectivity index (χ4v) is 3.64. The number of nitrogens with two attached hydrogens (primary N) is 1. The van der Waals surface area contributed by atoms with E-state index in [9.17, 15) is 9.18 Å². The van der Waals surface area contributed by atoms with E-state index in [4.69, 9.17) is 5.84 Å². The van der Waals surface area contributed by atoms with E-state index >= 15 is 0 Å². The number of anilines is 1. The number of nitrogens with zero attached hydrogens (tertiary/aromatic N) is 3. The van der Waals surface area contributed by atoms with Crippen molar-refractivity contribution in [1.82, 2.24) is 14.9 Å². The molecule has 1 amide bonds. The van der Waals surface area contributed by atoms with E-state index in [1.807, 2.05) is 24.3 Å². The zero-order valence-corrected chi connectivity index (χ0v) is 17.4. The molecular formula is C21H24FN5OS. The highest BCUT2D eigenvalue weighted by Crippen LogP contribution is 2.26. The molecule has 0 bridgehead atoms. The fraction of sp³-hybridized carbons (Fsp3) is 0.286. The summed E-state index contributed by atoms with van der Waals surface area (Å²) in [6.07, 6.45) is 0.423. The summed E-state index contributed by atoms with van der Waals surface area (Å²) >= 11 is 1.24. The molecule has 0 saturated carbocycles. The van der Waals surface area contributed by atoms with Gasteiger partial charge in [0.15, 0.2) is 5.82 Å². The van der Waals surface area contributed by atoms with E-state index in [0.29, 0.717) is 23.3 Å². The maximum absolute atomic E-state index is 13.1. The zero-order chi connectivity index (χ0) is 21.0. The van der Waals surface area contributed by atoms with Crippen molar-refractivity contribution in [1.29, 1.82) is 0 Å². The second-order valence-corrected chi connectivity index (χ2v) is 8.37. The van der Waals surface area contributed by atoms with Crippen molar-refractivity contribution in [2.24, 2.45) is 0 Å². The van der Waals surface area contributed by atoms with Crippen LogP contribution < -0.4 is 11.2 Å². The summed E-state index contributed by atoms with van der Waals surface area (Å²) in [7, 11) is 0. The molecule has 1 heterocycles. The molecule has 0 aliphatic heterocycles. The van der Waals surface area contributed by atoms with Crippen molar-refractivity contribution in [2.75, 3.05) is 11.2 Å². The number of benzene rings is 2. The van der Waals surface area contributed by atoms with Gasteiger partial charge in [0, 0.05) is 12.1 Å². The largest absolute Gasteiger partial charge is 0.336 e. The first-order valence-corrected chi connectivity index (χ1v) is 10.2. The van der Waals surface area contributed by atoms with Crippen molar-refractivity contribution in [3.63, 3.8) is 0 Å². The molecule has 3 rings (SSSR count). The van der Waals surface area contributed by atoms with Crippen LogP contribution >= 0.6 is 11.8 Å². The summed E-state index contributed by atoms with van der Waals surface area (Å²) < 4.78 is 14.4. The highest BCUT2D eigenvalue weighted by molar-refractivity contribution is 8.00. The first kappa shape index (κ1) is 20.9. The smallest absolute Gasteiger partial charge is 0.237 e. The molecule has 2 aromatic carbocycles. The van der Waals surface area contributed by atoms with E-state index in [0.717, 1.165) is 16.8 Å². The molecule has 0 radical (unpaired) electrons. The molecule has 0 spiro atoms. The number of amides is 1. The molecule has 1 aromatic heterocycles. The highest BCUT2D eigenvalue weighted by atomic mass is 32.2. The molecular weight excluding hydrogens is 389 g/mol. The SMILES string of the molecule is CC(C)c1ccccc1NC(=O)[C@H](C)Sc1nnc(Cc2ccc(F)cc2)n1N. The Bertz CT molecular complexity index is 987. The lowest BCUT2D eigenvalue weighted by Crippen LogP contribution is -2.24. The first-order valence-electron chi connectivity index (χ1n) is 9.35. The van der Waals surface area contributed by atoms with Crippen molar-refractivity contribution in [2.45, 2.75) is 43.5 Å². The summed E-state index contributed by atoms with van der Waals surface area (Å²) in [5.74, 6) is 6.52. The van der Waals surface area contributed by atoms with Crippen LogP contribution in [0.1, 0.15) is 43.6 Å². The molecule has 3 aromatic rings. The lowest BCUT2D eigenvalue weighted by molar-refractivity contribution is -0.115. The highest BCUT2D eigenvalue weighted by Gasteiger charge is 2.20. The average Bonchev–Trinajstić information content (AvgIpc) is 3.03. The molecule has 152 valence electrons. The van der Waals surface area contributed by atoms with E-state index < -0.39 is 5.25 Å². The van der Waals surface area contributed by atoms with Gasteiger partial charge in [-0.15, -0.1) is 10.2 Å². The molecule has 0 aliphatic carbocycles. The van der Waals surface area contributed by atoms with Crippen LogP contribution in [0.4, 0.5) is 10.1 Å². The van der Waals surface area contributed by atoms with Gasteiger partial charge >= 0.3 is 0 Å². The van der Waals surface area contributed by atoms with Crippen molar-refractivity contribution in [3.8, 4) is 0 Å². The lowest BCUT2D eigenvalue weighted by atomic mass is 10.0. The number of thioether (sulfide) groups is 1. The molecule has 6 nitrogen and oxygen atoms in total. The number of hydrogen-bond acceptors (Lipinski definition) is 5. The van der Waals surface area contributed by atoms with Gasteiger partial charge in [0.05, 0.1) is 5.25 Å². The van der Waals surface area contributed by atoms with Crippen LogP contribution in [0.5, 0.6) is 0 Å². The van der Waals surface area contributed by atoms with Gasteiger partial charge in [-0.2, -0.15) is 0 Å². The van der Waals surface area contributed by atoms with Crippen LogP contribution in [0.25, 0.3) is 0 Å². The first-order chi connectivity index (χ1) is 13.8. The van der Waals surface area contributed by atoms with E-state index in [1.54, 1.807) is 19.1 Å². The minimum atomic E-state index is -0.416. The van der Waals surface area contributed by atoms with Crippen LogP contribution in [-0.4, -0.2) is 26.0 Å². The third-order valence-corrected chi connectivity index (χ3v) is 5.56.